The first-order valence-electron chi connectivity index (χ1n) is 5.77. The predicted molar refractivity (Wildman–Crippen MR) is 73.7 cm³/mol. The lowest BCUT2D eigenvalue weighted by Gasteiger charge is -2.15. The van der Waals surface area contributed by atoms with Gasteiger partial charge in [0, 0.05) is 11.6 Å². The number of nitrogens with two attached hydrogens (primary N) is 1. The van der Waals surface area contributed by atoms with Crippen molar-refractivity contribution in [3.63, 3.8) is 0 Å². The second-order valence-electron chi connectivity index (χ2n) is 4.25. The fourth-order valence-corrected chi connectivity index (χ4v) is 1.95. The standard InChI is InChI=1S/C13H15ClN2O3/c1-7(2)18-12-4-8(9-6-16-19-13(9)15)10(14)5-11(12)17-3/h4-7H,15H2,1-3H3. The largest absolute Gasteiger partial charge is 0.493 e. The number of hydrogen-bond acceptors (Lipinski definition) is 5. The van der Waals surface area contributed by atoms with Gasteiger partial charge in [0.05, 0.1) is 30.0 Å². The van der Waals surface area contributed by atoms with E-state index < -0.39 is 0 Å². The number of methoxy groups -OCH3 is 1. The van der Waals surface area contributed by atoms with Crippen LogP contribution in [0.25, 0.3) is 11.1 Å². The Morgan fingerprint density at radius 3 is 2.53 bits per heavy atom. The molecule has 1 aromatic heterocycles. The monoisotopic (exact) mass is 282 g/mol. The molecule has 1 heterocycles. The number of anilines is 1. The highest BCUT2D eigenvalue weighted by Crippen LogP contribution is 2.40. The van der Waals surface area contributed by atoms with Crippen molar-refractivity contribution in [2.24, 2.45) is 0 Å². The Bertz CT molecular complexity index is 581. The van der Waals surface area contributed by atoms with Crippen LogP contribution in [0.2, 0.25) is 5.02 Å². The quantitative estimate of drug-likeness (QED) is 0.931. The molecule has 6 heteroatoms. The van der Waals surface area contributed by atoms with Crippen molar-refractivity contribution >= 4 is 17.5 Å². The number of hydrogen-bond donors (Lipinski definition) is 1. The summed E-state index contributed by atoms with van der Waals surface area (Å²) in [6, 6.07) is 3.45. The van der Waals surface area contributed by atoms with Crippen molar-refractivity contribution in [2.75, 3.05) is 12.8 Å². The van der Waals surface area contributed by atoms with Gasteiger partial charge in [0.25, 0.3) is 0 Å². The maximum absolute atomic E-state index is 6.22. The van der Waals surface area contributed by atoms with E-state index in [-0.39, 0.29) is 12.0 Å². The number of benzene rings is 1. The number of nitrogen functional groups attached to an aromatic ring is 1. The lowest BCUT2D eigenvalue weighted by atomic mass is 10.1. The third kappa shape index (κ3) is 2.76. The van der Waals surface area contributed by atoms with Gasteiger partial charge >= 0.3 is 0 Å². The fraction of sp³-hybridized carbons (Fsp3) is 0.308. The Morgan fingerprint density at radius 2 is 2.00 bits per heavy atom. The van der Waals surface area contributed by atoms with Crippen molar-refractivity contribution in [3.05, 3.63) is 23.4 Å². The van der Waals surface area contributed by atoms with Gasteiger partial charge in [0.1, 0.15) is 0 Å². The van der Waals surface area contributed by atoms with Crippen LogP contribution in [0.15, 0.2) is 22.9 Å². The normalized spacial score (nSPS) is 10.8. The molecular formula is C13H15ClN2O3. The van der Waals surface area contributed by atoms with E-state index in [0.29, 0.717) is 27.6 Å². The van der Waals surface area contributed by atoms with E-state index in [2.05, 4.69) is 5.16 Å². The number of ether oxygens (including phenoxy) is 2. The highest BCUT2D eigenvalue weighted by Gasteiger charge is 2.16. The summed E-state index contributed by atoms with van der Waals surface area (Å²) in [5, 5.41) is 4.13. The molecule has 0 saturated heterocycles. The summed E-state index contributed by atoms with van der Waals surface area (Å²) < 4.78 is 15.8. The van der Waals surface area contributed by atoms with Crippen LogP contribution in [0.1, 0.15) is 13.8 Å². The number of nitrogens with zero attached hydrogens (tertiary/aromatic N) is 1. The zero-order chi connectivity index (χ0) is 14.0. The van der Waals surface area contributed by atoms with Gasteiger partial charge < -0.3 is 19.7 Å². The molecule has 2 aromatic rings. The number of aromatic nitrogens is 1. The summed E-state index contributed by atoms with van der Waals surface area (Å²) >= 11 is 6.22. The molecule has 0 amide bonds. The van der Waals surface area contributed by atoms with E-state index in [0.717, 1.165) is 0 Å². The van der Waals surface area contributed by atoms with E-state index in [4.69, 9.17) is 31.3 Å². The van der Waals surface area contributed by atoms with Crippen molar-refractivity contribution in [3.8, 4) is 22.6 Å². The Hall–Kier alpha value is -1.88. The van der Waals surface area contributed by atoms with E-state index in [9.17, 15) is 0 Å². The Morgan fingerprint density at radius 1 is 1.26 bits per heavy atom. The van der Waals surface area contributed by atoms with Crippen LogP contribution in [-0.4, -0.2) is 18.4 Å². The summed E-state index contributed by atoms with van der Waals surface area (Å²) in [7, 11) is 1.56. The molecule has 0 fully saturated rings. The molecular weight excluding hydrogens is 268 g/mol. The molecule has 2 rings (SSSR count). The zero-order valence-corrected chi connectivity index (χ0v) is 11.7. The number of halogens is 1. The molecule has 0 aliphatic rings. The summed E-state index contributed by atoms with van der Waals surface area (Å²) in [6.07, 6.45) is 1.53. The third-order valence-electron chi connectivity index (χ3n) is 2.50. The van der Waals surface area contributed by atoms with Gasteiger partial charge in [-0.3, -0.25) is 0 Å². The van der Waals surface area contributed by atoms with Crippen LogP contribution < -0.4 is 15.2 Å². The van der Waals surface area contributed by atoms with Gasteiger partial charge in [-0.1, -0.05) is 16.8 Å². The van der Waals surface area contributed by atoms with E-state index >= 15 is 0 Å². The van der Waals surface area contributed by atoms with Crippen molar-refractivity contribution in [1.82, 2.24) is 5.16 Å². The molecule has 102 valence electrons. The highest BCUT2D eigenvalue weighted by atomic mass is 35.5. The van der Waals surface area contributed by atoms with Gasteiger partial charge in [-0.2, -0.15) is 0 Å². The summed E-state index contributed by atoms with van der Waals surface area (Å²) in [6.45, 7) is 3.86. The van der Waals surface area contributed by atoms with Crippen molar-refractivity contribution in [2.45, 2.75) is 20.0 Å². The topological polar surface area (TPSA) is 70.5 Å². The summed E-state index contributed by atoms with van der Waals surface area (Å²) in [5.41, 5.74) is 7.02. The predicted octanol–water partition coefficient (Wildman–Crippen LogP) is 3.37. The fourth-order valence-electron chi connectivity index (χ4n) is 1.70. The molecule has 2 N–H and O–H groups in total. The first-order chi connectivity index (χ1) is 9.02. The third-order valence-corrected chi connectivity index (χ3v) is 2.82. The molecule has 5 nitrogen and oxygen atoms in total. The van der Waals surface area contributed by atoms with E-state index in [1.807, 2.05) is 13.8 Å². The van der Waals surface area contributed by atoms with Crippen LogP contribution in [0.3, 0.4) is 0 Å². The highest BCUT2D eigenvalue weighted by molar-refractivity contribution is 6.33. The summed E-state index contributed by atoms with van der Waals surface area (Å²) in [5.74, 6) is 1.37. The SMILES string of the molecule is COc1cc(Cl)c(-c2cnoc2N)cc1OC(C)C. The van der Waals surface area contributed by atoms with Crippen LogP contribution in [-0.2, 0) is 0 Å². The van der Waals surface area contributed by atoms with E-state index in [1.165, 1.54) is 6.20 Å². The van der Waals surface area contributed by atoms with Crippen LogP contribution >= 0.6 is 11.6 Å². The minimum atomic E-state index is 0.0164. The Balaban J connectivity index is 2.53. The molecule has 0 radical (unpaired) electrons. The maximum atomic E-state index is 6.22. The lowest BCUT2D eigenvalue weighted by Crippen LogP contribution is -2.07. The van der Waals surface area contributed by atoms with Crippen molar-refractivity contribution in [1.29, 1.82) is 0 Å². The zero-order valence-electron chi connectivity index (χ0n) is 10.9. The molecule has 0 saturated carbocycles. The van der Waals surface area contributed by atoms with Gasteiger partial charge in [-0.25, -0.2) is 0 Å². The smallest absolute Gasteiger partial charge is 0.230 e. The molecule has 0 atom stereocenters. The second kappa shape index (κ2) is 5.40. The summed E-state index contributed by atoms with van der Waals surface area (Å²) in [4.78, 5) is 0. The lowest BCUT2D eigenvalue weighted by molar-refractivity contribution is 0.230. The molecule has 1 aromatic carbocycles. The second-order valence-corrected chi connectivity index (χ2v) is 4.66. The van der Waals surface area contributed by atoms with Gasteiger partial charge in [-0.15, -0.1) is 0 Å². The first kappa shape index (κ1) is 13.5. The van der Waals surface area contributed by atoms with Crippen LogP contribution in [0.5, 0.6) is 11.5 Å². The van der Waals surface area contributed by atoms with Gasteiger partial charge in [0.15, 0.2) is 11.5 Å². The minimum absolute atomic E-state index is 0.0164. The van der Waals surface area contributed by atoms with Crippen LogP contribution in [0.4, 0.5) is 5.88 Å². The van der Waals surface area contributed by atoms with E-state index in [1.54, 1.807) is 19.2 Å². The number of rotatable bonds is 4. The molecule has 0 aliphatic heterocycles. The first-order valence-corrected chi connectivity index (χ1v) is 6.15. The Labute approximate surface area is 116 Å². The molecule has 0 spiro atoms. The molecule has 0 aliphatic carbocycles. The average Bonchev–Trinajstić information content (AvgIpc) is 2.76. The van der Waals surface area contributed by atoms with Gasteiger partial charge in [-0.05, 0) is 19.9 Å². The minimum Gasteiger partial charge on any atom is -0.493 e. The molecule has 0 unspecified atom stereocenters. The van der Waals surface area contributed by atoms with Crippen molar-refractivity contribution < 1.29 is 14.0 Å². The maximum Gasteiger partial charge on any atom is 0.230 e. The van der Waals surface area contributed by atoms with Gasteiger partial charge in [0.2, 0.25) is 5.88 Å². The molecule has 19 heavy (non-hydrogen) atoms. The molecule has 0 bridgehead atoms. The van der Waals surface area contributed by atoms with Crippen LogP contribution in [0, 0.1) is 0 Å². The average molecular weight is 283 g/mol. The Kier molecular flexibility index (Phi) is 3.85.